The first-order valence-corrected chi connectivity index (χ1v) is 5.70. The fraction of sp³-hybridized carbons (Fsp3) is 0.222. The molecule has 0 spiro atoms. The Balaban J connectivity index is 2.76. The third-order valence-electron chi connectivity index (χ3n) is 1.56. The van der Waals surface area contributed by atoms with E-state index in [1.54, 1.807) is 0 Å². The van der Waals surface area contributed by atoms with Gasteiger partial charge in [0.15, 0.2) is 0 Å². The lowest BCUT2D eigenvalue weighted by molar-refractivity contribution is -0.136. The van der Waals surface area contributed by atoms with Crippen LogP contribution in [-0.4, -0.2) is 11.1 Å². The molecule has 70 valence electrons. The van der Waals surface area contributed by atoms with Gasteiger partial charge in [-0.3, -0.25) is 4.79 Å². The Kier molecular flexibility index (Phi) is 4.18. The number of carboxylic acids is 1. The molecule has 0 amide bonds. The third-order valence-corrected chi connectivity index (χ3v) is 3.09. The van der Waals surface area contributed by atoms with Crippen molar-refractivity contribution < 1.29 is 9.90 Å². The molecule has 4 heteroatoms. The molecule has 13 heavy (non-hydrogen) atoms. The Morgan fingerprint density at radius 2 is 2.31 bits per heavy atom. The Morgan fingerprint density at radius 3 is 2.85 bits per heavy atom. The number of alkyl halides is 1. The molecule has 2 nitrogen and oxygen atoms in total. The molecule has 0 aliphatic heterocycles. The zero-order valence-electron chi connectivity index (χ0n) is 6.71. The minimum Gasteiger partial charge on any atom is -0.481 e. The number of carbonyl (C=O) groups is 1. The molecular formula is C9H8BrIO2. The van der Waals surface area contributed by atoms with Crippen LogP contribution in [0, 0.1) is 3.57 Å². The minimum absolute atomic E-state index is 0.0975. The van der Waals surface area contributed by atoms with Crippen molar-refractivity contribution in [3.8, 4) is 0 Å². The lowest BCUT2D eigenvalue weighted by Gasteiger charge is -2.06. The van der Waals surface area contributed by atoms with Crippen LogP contribution in [0.4, 0.5) is 0 Å². The largest absolute Gasteiger partial charge is 0.481 e. The van der Waals surface area contributed by atoms with Gasteiger partial charge in [0.05, 0.1) is 6.42 Å². The summed E-state index contributed by atoms with van der Waals surface area (Å²) in [5.74, 6) is -0.791. The van der Waals surface area contributed by atoms with Crippen LogP contribution in [0.5, 0.6) is 0 Å². The summed E-state index contributed by atoms with van der Waals surface area (Å²) < 4.78 is 1.12. The van der Waals surface area contributed by atoms with E-state index >= 15 is 0 Å². The number of rotatable bonds is 3. The average molecular weight is 355 g/mol. The molecule has 0 aliphatic rings. The number of benzene rings is 1. The van der Waals surface area contributed by atoms with Gasteiger partial charge < -0.3 is 5.11 Å². The van der Waals surface area contributed by atoms with Crippen LogP contribution in [0.25, 0.3) is 0 Å². The van der Waals surface area contributed by atoms with E-state index in [0.29, 0.717) is 0 Å². The summed E-state index contributed by atoms with van der Waals surface area (Å²) >= 11 is 5.54. The maximum absolute atomic E-state index is 10.4. The van der Waals surface area contributed by atoms with Gasteiger partial charge in [-0.15, -0.1) is 0 Å². The quantitative estimate of drug-likeness (QED) is 0.668. The third kappa shape index (κ3) is 3.64. The molecule has 1 aromatic rings. The van der Waals surface area contributed by atoms with Gasteiger partial charge >= 0.3 is 5.97 Å². The van der Waals surface area contributed by atoms with Crippen LogP contribution in [0.1, 0.15) is 16.8 Å². The van der Waals surface area contributed by atoms with Crippen molar-refractivity contribution in [2.45, 2.75) is 11.2 Å². The maximum Gasteiger partial charge on any atom is 0.304 e. The van der Waals surface area contributed by atoms with Gasteiger partial charge in [-0.1, -0.05) is 28.1 Å². The number of carboxylic acid groups (broad SMARTS) is 1. The molecule has 0 heterocycles. The highest BCUT2D eigenvalue weighted by Crippen LogP contribution is 2.27. The summed E-state index contributed by atoms with van der Waals surface area (Å²) in [6.07, 6.45) is 0.111. The predicted molar refractivity (Wildman–Crippen MR) is 63.1 cm³/mol. The van der Waals surface area contributed by atoms with Crippen molar-refractivity contribution in [3.05, 3.63) is 33.4 Å². The molecule has 0 saturated heterocycles. The van der Waals surface area contributed by atoms with E-state index in [1.165, 1.54) is 0 Å². The summed E-state index contributed by atoms with van der Waals surface area (Å²) in [6.45, 7) is 0. The standard InChI is InChI=1S/C9H8BrIO2/c10-8(5-9(12)13)6-2-1-3-7(11)4-6/h1-4,8H,5H2,(H,12,13). The van der Waals surface area contributed by atoms with E-state index in [0.717, 1.165) is 9.13 Å². The molecule has 0 aliphatic carbocycles. The zero-order chi connectivity index (χ0) is 9.84. The summed E-state index contributed by atoms with van der Waals surface area (Å²) in [6, 6.07) is 7.80. The Bertz CT molecular complexity index is 314. The van der Waals surface area contributed by atoms with Gasteiger partial charge in [0.1, 0.15) is 0 Å². The van der Waals surface area contributed by atoms with E-state index in [1.807, 2.05) is 24.3 Å². The second kappa shape index (κ2) is 4.95. The van der Waals surface area contributed by atoms with Crippen molar-refractivity contribution in [1.29, 1.82) is 0 Å². The molecule has 1 atom stereocenters. The molecule has 1 rings (SSSR count). The number of hydrogen-bond acceptors (Lipinski definition) is 1. The molecular weight excluding hydrogens is 347 g/mol. The molecule has 0 bridgehead atoms. The molecule has 1 unspecified atom stereocenters. The van der Waals surface area contributed by atoms with E-state index in [-0.39, 0.29) is 11.2 Å². The number of aliphatic carboxylic acids is 1. The van der Waals surface area contributed by atoms with Crippen molar-refractivity contribution >= 4 is 44.5 Å². The first-order valence-electron chi connectivity index (χ1n) is 3.71. The lowest BCUT2D eigenvalue weighted by Crippen LogP contribution is -2.00. The first-order chi connectivity index (χ1) is 6.09. The van der Waals surface area contributed by atoms with Gasteiger partial charge in [-0.25, -0.2) is 0 Å². The van der Waals surface area contributed by atoms with Gasteiger partial charge in [0, 0.05) is 8.40 Å². The van der Waals surface area contributed by atoms with Crippen LogP contribution in [-0.2, 0) is 4.79 Å². The average Bonchev–Trinajstić information content (AvgIpc) is 2.03. The Labute approximate surface area is 98.6 Å². The van der Waals surface area contributed by atoms with Crippen molar-refractivity contribution in [1.82, 2.24) is 0 Å². The summed E-state index contributed by atoms with van der Waals surface area (Å²) in [4.78, 5) is 10.3. The van der Waals surface area contributed by atoms with Crippen LogP contribution in [0.3, 0.4) is 0 Å². The van der Waals surface area contributed by atoms with Gasteiger partial charge in [0.25, 0.3) is 0 Å². The van der Waals surface area contributed by atoms with Crippen molar-refractivity contribution in [2.75, 3.05) is 0 Å². The van der Waals surface area contributed by atoms with E-state index in [4.69, 9.17) is 5.11 Å². The second-order valence-corrected chi connectivity index (χ2v) is 4.97. The normalized spacial score (nSPS) is 12.5. The Morgan fingerprint density at radius 1 is 1.62 bits per heavy atom. The van der Waals surface area contributed by atoms with E-state index in [2.05, 4.69) is 38.5 Å². The van der Waals surface area contributed by atoms with Crippen molar-refractivity contribution in [3.63, 3.8) is 0 Å². The first kappa shape index (κ1) is 11.0. The van der Waals surface area contributed by atoms with Crippen molar-refractivity contribution in [2.24, 2.45) is 0 Å². The SMILES string of the molecule is O=C(O)CC(Br)c1cccc(I)c1. The molecule has 0 aromatic heterocycles. The highest BCUT2D eigenvalue weighted by atomic mass is 127. The number of hydrogen-bond donors (Lipinski definition) is 1. The van der Waals surface area contributed by atoms with Crippen LogP contribution >= 0.6 is 38.5 Å². The van der Waals surface area contributed by atoms with E-state index < -0.39 is 5.97 Å². The smallest absolute Gasteiger partial charge is 0.304 e. The fourth-order valence-corrected chi connectivity index (χ4v) is 2.10. The predicted octanol–water partition coefficient (Wildman–Crippen LogP) is 3.20. The van der Waals surface area contributed by atoms with Crippen LogP contribution < -0.4 is 0 Å². The topological polar surface area (TPSA) is 37.3 Å². The summed E-state index contributed by atoms with van der Waals surface area (Å²) in [7, 11) is 0. The minimum atomic E-state index is -0.791. The maximum atomic E-state index is 10.4. The monoisotopic (exact) mass is 354 g/mol. The molecule has 1 aromatic carbocycles. The Hall–Kier alpha value is -0.100. The highest BCUT2D eigenvalue weighted by Gasteiger charge is 2.11. The van der Waals surface area contributed by atoms with Gasteiger partial charge in [-0.2, -0.15) is 0 Å². The second-order valence-electron chi connectivity index (χ2n) is 2.62. The zero-order valence-corrected chi connectivity index (χ0v) is 10.4. The van der Waals surface area contributed by atoms with Gasteiger partial charge in [-0.05, 0) is 40.3 Å². The molecule has 0 radical (unpaired) electrons. The molecule has 1 N–H and O–H groups in total. The molecule has 0 fully saturated rings. The highest BCUT2D eigenvalue weighted by molar-refractivity contribution is 14.1. The van der Waals surface area contributed by atoms with Gasteiger partial charge in [0.2, 0.25) is 0 Å². The lowest BCUT2D eigenvalue weighted by atomic mass is 10.1. The fourth-order valence-electron chi connectivity index (χ4n) is 0.973. The van der Waals surface area contributed by atoms with E-state index in [9.17, 15) is 4.79 Å². The summed E-state index contributed by atoms with van der Waals surface area (Å²) in [5.41, 5.74) is 1.01. The molecule has 0 saturated carbocycles. The number of halogens is 2. The summed E-state index contributed by atoms with van der Waals surface area (Å²) in [5, 5.41) is 8.58. The van der Waals surface area contributed by atoms with Crippen LogP contribution in [0.2, 0.25) is 0 Å². The van der Waals surface area contributed by atoms with Crippen LogP contribution in [0.15, 0.2) is 24.3 Å².